The molecular weight excluding hydrogens is 262 g/mol. The largest absolute Gasteiger partial charge is 0.381 e. The molecular formula is C16H19N5. The van der Waals surface area contributed by atoms with Crippen LogP contribution in [0.25, 0.3) is 0 Å². The van der Waals surface area contributed by atoms with E-state index in [-0.39, 0.29) is 0 Å². The molecule has 0 saturated heterocycles. The van der Waals surface area contributed by atoms with Crippen LogP contribution in [0.2, 0.25) is 0 Å². The van der Waals surface area contributed by atoms with Crippen LogP contribution in [0.15, 0.2) is 55.4 Å². The molecule has 0 fully saturated rings. The van der Waals surface area contributed by atoms with E-state index in [0.717, 1.165) is 25.3 Å². The molecule has 3 rings (SSSR count). The standard InChI is InChI=1S/C16H19N5/c1-2-21-12-15(10-19-21)9-18-16-5-3-4-14(8-16)11-20-7-6-17-13-20/h3-8,10,12-13,18H,2,9,11H2,1H3. The van der Waals surface area contributed by atoms with Gasteiger partial charge in [0.2, 0.25) is 0 Å². The molecule has 21 heavy (non-hydrogen) atoms. The number of aryl methyl sites for hydroxylation is 1. The van der Waals surface area contributed by atoms with Crippen molar-refractivity contribution in [2.45, 2.75) is 26.6 Å². The second kappa shape index (κ2) is 6.26. The summed E-state index contributed by atoms with van der Waals surface area (Å²) >= 11 is 0. The lowest BCUT2D eigenvalue weighted by Crippen LogP contribution is -2.01. The number of benzene rings is 1. The van der Waals surface area contributed by atoms with Crippen LogP contribution in [-0.4, -0.2) is 19.3 Å². The van der Waals surface area contributed by atoms with E-state index in [1.165, 1.54) is 11.1 Å². The highest BCUT2D eigenvalue weighted by Crippen LogP contribution is 2.13. The summed E-state index contributed by atoms with van der Waals surface area (Å²) in [6, 6.07) is 8.45. The van der Waals surface area contributed by atoms with Crippen LogP contribution in [0.3, 0.4) is 0 Å². The van der Waals surface area contributed by atoms with Gasteiger partial charge in [0.1, 0.15) is 0 Å². The molecule has 0 amide bonds. The second-order valence-corrected chi connectivity index (χ2v) is 4.99. The molecule has 5 nitrogen and oxygen atoms in total. The van der Waals surface area contributed by atoms with Crippen molar-refractivity contribution in [2.24, 2.45) is 0 Å². The van der Waals surface area contributed by atoms with E-state index in [4.69, 9.17) is 0 Å². The number of anilines is 1. The molecule has 0 aliphatic rings. The molecule has 0 saturated carbocycles. The third-order valence-corrected chi connectivity index (χ3v) is 3.36. The van der Waals surface area contributed by atoms with E-state index in [0.29, 0.717) is 0 Å². The number of rotatable bonds is 6. The highest BCUT2D eigenvalue weighted by atomic mass is 15.3. The Morgan fingerprint density at radius 1 is 1.24 bits per heavy atom. The molecule has 1 N–H and O–H groups in total. The van der Waals surface area contributed by atoms with Gasteiger partial charge >= 0.3 is 0 Å². The molecule has 0 atom stereocenters. The molecule has 2 aromatic heterocycles. The number of hydrogen-bond acceptors (Lipinski definition) is 3. The zero-order chi connectivity index (χ0) is 14.5. The fourth-order valence-electron chi connectivity index (χ4n) is 2.25. The first kappa shape index (κ1) is 13.4. The Kier molecular flexibility index (Phi) is 4.00. The Morgan fingerprint density at radius 2 is 2.19 bits per heavy atom. The van der Waals surface area contributed by atoms with Crippen molar-refractivity contribution in [3.63, 3.8) is 0 Å². The van der Waals surface area contributed by atoms with Crippen molar-refractivity contribution in [1.29, 1.82) is 0 Å². The topological polar surface area (TPSA) is 47.7 Å². The van der Waals surface area contributed by atoms with Gasteiger partial charge in [-0.05, 0) is 24.6 Å². The van der Waals surface area contributed by atoms with Crippen LogP contribution in [0, 0.1) is 0 Å². The minimum atomic E-state index is 0.786. The zero-order valence-electron chi connectivity index (χ0n) is 12.1. The van der Waals surface area contributed by atoms with E-state index in [1.54, 1.807) is 6.20 Å². The normalized spacial score (nSPS) is 10.7. The lowest BCUT2D eigenvalue weighted by atomic mass is 10.2. The molecule has 0 bridgehead atoms. The van der Waals surface area contributed by atoms with Crippen molar-refractivity contribution in [3.8, 4) is 0 Å². The molecule has 0 spiro atoms. The van der Waals surface area contributed by atoms with Gasteiger partial charge in [-0.1, -0.05) is 12.1 Å². The number of hydrogen-bond donors (Lipinski definition) is 1. The first-order valence-corrected chi connectivity index (χ1v) is 7.13. The number of nitrogens with zero attached hydrogens (tertiary/aromatic N) is 4. The first-order chi connectivity index (χ1) is 10.3. The summed E-state index contributed by atoms with van der Waals surface area (Å²) in [6.07, 6.45) is 9.58. The van der Waals surface area contributed by atoms with Gasteiger partial charge in [-0.25, -0.2) is 4.98 Å². The summed E-state index contributed by atoms with van der Waals surface area (Å²) in [5.41, 5.74) is 3.57. The predicted molar refractivity (Wildman–Crippen MR) is 83.0 cm³/mol. The van der Waals surface area contributed by atoms with Crippen LogP contribution in [0.1, 0.15) is 18.1 Å². The molecule has 0 aliphatic carbocycles. The summed E-state index contributed by atoms with van der Waals surface area (Å²) < 4.78 is 4.00. The molecule has 0 radical (unpaired) electrons. The fraction of sp³-hybridized carbons (Fsp3) is 0.250. The molecule has 0 unspecified atom stereocenters. The minimum Gasteiger partial charge on any atom is -0.381 e. The third-order valence-electron chi connectivity index (χ3n) is 3.36. The van der Waals surface area contributed by atoms with Gasteiger partial charge in [0.25, 0.3) is 0 Å². The zero-order valence-corrected chi connectivity index (χ0v) is 12.1. The Hall–Kier alpha value is -2.56. The van der Waals surface area contributed by atoms with Crippen molar-refractivity contribution in [3.05, 3.63) is 66.5 Å². The number of nitrogens with one attached hydrogen (secondary N) is 1. The van der Waals surface area contributed by atoms with Gasteiger partial charge in [-0.2, -0.15) is 5.10 Å². The van der Waals surface area contributed by atoms with Crippen LogP contribution >= 0.6 is 0 Å². The van der Waals surface area contributed by atoms with Crippen LogP contribution in [0.4, 0.5) is 5.69 Å². The average Bonchev–Trinajstić information content (AvgIpc) is 3.17. The SMILES string of the molecule is CCn1cc(CNc2cccc(Cn3ccnc3)c2)cn1. The lowest BCUT2D eigenvalue weighted by Gasteiger charge is -2.08. The van der Waals surface area contributed by atoms with Gasteiger partial charge in [-0.3, -0.25) is 4.68 Å². The smallest absolute Gasteiger partial charge is 0.0949 e. The maximum absolute atomic E-state index is 4.28. The lowest BCUT2D eigenvalue weighted by molar-refractivity contribution is 0.659. The summed E-state index contributed by atoms with van der Waals surface area (Å²) in [5, 5.41) is 7.72. The summed E-state index contributed by atoms with van der Waals surface area (Å²) in [7, 11) is 0. The molecule has 1 aromatic carbocycles. The first-order valence-electron chi connectivity index (χ1n) is 7.13. The van der Waals surface area contributed by atoms with Crippen LogP contribution in [-0.2, 0) is 19.6 Å². The molecule has 108 valence electrons. The maximum Gasteiger partial charge on any atom is 0.0949 e. The van der Waals surface area contributed by atoms with E-state index < -0.39 is 0 Å². The van der Waals surface area contributed by atoms with Crippen molar-refractivity contribution < 1.29 is 0 Å². The fourth-order valence-corrected chi connectivity index (χ4v) is 2.25. The predicted octanol–water partition coefficient (Wildman–Crippen LogP) is 2.76. The van der Waals surface area contributed by atoms with Crippen LogP contribution in [0.5, 0.6) is 0 Å². The van der Waals surface area contributed by atoms with Crippen molar-refractivity contribution >= 4 is 5.69 Å². The molecule has 3 aromatic rings. The Labute approximate surface area is 124 Å². The van der Waals surface area contributed by atoms with Gasteiger partial charge in [-0.15, -0.1) is 0 Å². The Balaban J connectivity index is 1.63. The Morgan fingerprint density at radius 3 is 2.95 bits per heavy atom. The molecule has 5 heteroatoms. The quantitative estimate of drug-likeness (QED) is 0.756. The third kappa shape index (κ3) is 3.51. The van der Waals surface area contributed by atoms with Gasteiger partial charge in [0.05, 0.1) is 12.5 Å². The second-order valence-electron chi connectivity index (χ2n) is 4.99. The number of imidazole rings is 1. The van der Waals surface area contributed by atoms with Crippen LogP contribution < -0.4 is 5.32 Å². The maximum atomic E-state index is 4.28. The van der Waals surface area contributed by atoms with E-state index in [9.17, 15) is 0 Å². The van der Waals surface area contributed by atoms with Gasteiger partial charge < -0.3 is 9.88 Å². The minimum absolute atomic E-state index is 0.786. The summed E-state index contributed by atoms with van der Waals surface area (Å²) in [5.74, 6) is 0. The molecule has 2 heterocycles. The van der Waals surface area contributed by atoms with Crippen molar-refractivity contribution in [2.75, 3.05) is 5.32 Å². The van der Waals surface area contributed by atoms with Gasteiger partial charge in [0, 0.05) is 49.5 Å². The van der Waals surface area contributed by atoms with E-state index in [2.05, 4.69) is 57.4 Å². The molecule has 0 aliphatic heterocycles. The van der Waals surface area contributed by atoms with E-state index >= 15 is 0 Å². The average molecular weight is 281 g/mol. The highest BCUT2D eigenvalue weighted by Gasteiger charge is 2.00. The summed E-state index contributed by atoms with van der Waals surface area (Å²) in [4.78, 5) is 4.07. The van der Waals surface area contributed by atoms with E-state index in [1.807, 2.05) is 23.4 Å². The van der Waals surface area contributed by atoms with Crippen molar-refractivity contribution in [1.82, 2.24) is 19.3 Å². The monoisotopic (exact) mass is 281 g/mol. The van der Waals surface area contributed by atoms with Gasteiger partial charge in [0.15, 0.2) is 0 Å². The summed E-state index contributed by atoms with van der Waals surface area (Å²) in [6.45, 7) is 4.61. The Bertz CT molecular complexity index is 684. The highest BCUT2D eigenvalue weighted by molar-refractivity contribution is 5.46. The number of aromatic nitrogens is 4.